The number of nitrogens with one attached hydrogen (secondary N) is 1. The van der Waals surface area contributed by atoms with Crippen LogP contribution in [0.1, 0.15) is 30.9 Å². The van der Waals surface area contributed by atoms with Gasteiger partial charge in [-0.1, -0.05) is 49.2 Å². The lowest BCUT2D eigenvalue weighted by molar-refractivity contribution is -0.139. The van der Waals surface area contributed by atoms with Gasteiger partial charge in [0.05, 0.1) is 15.7 Å². The van der Waals surface area contributed by atoms with Gasteiger partial charge in [-0.3, -0.25) is 14.9 Å². The number of carboxylic acids is 1. The average molecular weight is 477 g/mol. The van der Waals surface area contributed by atoms with Crippen LogP contribution in [-0.4, -0.2) is 35.5 Å². The van der Waals surface area contributed by atoms with Crippen LogP contribution in [0.2, 0.25) is 10.0 Å². The van der Waals surface area contributed by atoms with Gasteiger partial charge in [-0.2, -0.15) is 0 Å². The van der Waals surface area contributed by atoms with Gasteiger partial charge in [-0.05, 0) is 47.4 Å². The van der Waals surface area contributed by atoms with Crippen LogP contribution in [0.15, 0.2) is 42.0 Å². The zero-order valence-corrected chi connectivity index (χ0v) is 18.5. The minimum absolute atomic E-state index is 0.00790. The Bertz CT molecular complexity index is 1120. The van der Waals surface area contributed by atoms with Crippen molar-refractivity contribution < 1.29 is 29.0 Å². The Kier molecular flexibility index (Phi) is 6.86. The summed E-state index contributed by atoms with van der Waals surface area (Å²) in [5, 5.41) is 10.9. The van der Waals surface area contributed by atoms with Gasteiger partial charge in [0.15, 0.2) is 12.4 Å². The summed E-state index contributed by atoms with van der Waals surface area (Å²) in [4.78, 5) is 49.3. The fourth-order valence-electron chi connectivity index (χ4n) is 3.00. The van der Waals surface area contributed by atoms with Gasteiger partial charge in [0.25, 0.3) is 11.8 Å². The zero-order chi connectivity index (χ0) is 23.6. The Labute approximate surface area is 193 Å². The van der Waals surface area contributed by atoms with Gasteiger partial charge in [0, 0.05) is 0 Å². The number of halogens is 2. The highest BCUT2D eigenvalue weighted by Gasteiger charge is 2.36. The SMILES string of the molecule is CC(C)c1ccc(N2C(=O)NC(=O)/C(=C/c3cc(Cl)c(OCC(=O)O)c(Cl)c3)C2=O)cc1. The van der Waals surface area contributed by atoms with E-state index in [1.165, 1.54) is 18.2 Å². The van der Waals surface area contributed by atoms with E-state index in [1.807, 2.05) is 13.8 Å². The maximum absolute atomic E-state index is 13.0. The predicted octanol–water partition coefficient (Wildman–Crippen LogP) is 4.25. The molecule has 0 bridgehead atoms. The van der Waals surface area contributed by atoms with Crippen LogP contribution < -0.4 is 15.0 Å². The molecule has 0 radical (unpaired) electrons. The number of rotatable bonds is 6. The lowest BCUT2D eigenvalue weighted by Crippen LogP contribution is -2.54. The van der Waals surface area contributed by atoms with E-state index in [2.05, 4.69) is 5.32 Å². The lowest BCUT2D eigenvalue weighted by atomic mass is 10.0. The van der Waals surface area contributed by atoms with Crippen LogP contribution in [-0.2, 0) is 14.4 Å². The molecule has 3 rings (SSSR count). The van der Waals surface area contributed by atoms with Crippen LogP contribution in [0, 0.1) is 0 Å². The normalized spacial score (nSPS) is 15.3. The maximum Gasteiger partial charge on any atom is 0.341 e. The highest BCUT2D eigenvalue weighted by atomic mass is 35.5. The number of carbonyl (C=O) groups is 4. The number of carbonyl (C=O) groups excluding carboxylic acids is 3. The third kappa shape index (κ3) is 4.92. The number of benzene rings is 2. The molecule has 0 atom stereocenters. The number of hydrogen-bond acceptors (Lipinski definition) is 5. The summed E-state index contributed by atoms with van der Waals surface area (Å²) < 4.78 is 5.05. The van der Waals surface area contributed by atoms with E-state index >= 15 is 0 Å². The summed E-state index contributed by atoms with van der Waals surface area (Å²) in [6.45, 7) is 3.39. The molecule has 2 aromatic carbocycles. The summed E-state index contributed by atoms with van der Waals surface area (Å²) in [5.74, 6) is -2.66. The highest BCUT2D eigenvalue weighted by Crippen LogP contribution is 2.35. The number of nitrogens with zero attached hydrogens (tertiary/aromatic N) is 1. The first kappa shape index (κ1) is 23.3. The van der Waals surface area contributed by atoms with Crippen molar-refractivity contribution in [2.45, 2.75) is 19.8 Å². The summed E-state index contributed by atoms with van der Waals surface area (Å²) in [5.41, 5.74) is 1.32. The molecular weight excluding hydrogens is 459 g/mol. The van der Waals surface area contributed by atoms with Crippen LogP contribution in [0.25, 0.3) is 6.08 Å². The minimum atomic E-state index is -1.21. The molecule has 0 aliphatic carbocycles. The molecule has 2 N–H and O–H groups in total. The lowest BCUT2D eigenvalue weighted by Gasteiger charge is -2.26. The first-order chi connectivity index (χ1) is 15.1. The Morgan fingerprint density at radius 3 is 2.25 bits per heavy atom. The standard InChI is InChI=1S/C22H18Cl2N2O6/c1-11(2)13-3-5-14(6-4-13)26-21(30)15(20(29)25-22(26)31)7-12-8-16(23)19(17(24)9-12)32-10-18(27)28/h3-9,11H,10H2,1-2H3,(H,27,28)(H,25,29,31)/b15-7-. The fraction of sp³-hybridized carbons (Fsp3) is 0.182. The molecule has 10 heteroatoms. The van der Waals surface area contributed by atoms with Crippen molar-refractivity contribution in [1.29, 1.82) is 0 Å². The van der Waals surface area contributed by atoms with E-state index in [0.29, 0.717) is 5.69 Å². The number of aliphatic carboxylic acids is 1. The maximum atomic E-state index is 13.0. The minimum Gasteiger partial charge on any atom is -0.479 e. The summed E-state index contributed by atoms with van der Waals surface area (Å²) in [7, 11) is 0. The molecule has 0 unspecified atom stereocenters. The summed E-state index contributed by atoms with van der Waals surface area (Å²) in [6.07, 6.45) is 1.23. The molecular formula is C22H18Cl2N2O6. The molecule has 0 aromatic heterocycles. The Balaban J connectivity index is 1.94. The molecule has 1 heterocycles. The van der Waals surface area contributed by atoms with Gasteiger partial charge in [-0.15, -0.1) is 0 Å². The molecule has 8 nitrogen and oxygen atoms in total. The monoisotopic (exact) mass is 476 g/mol. The molecule has 32 heavy (non-hydrogen) atoms. The smallest absolute Gasteiger partial charge is 0.341 e. The van der Waals surface area contributed by atoms with Gasteiger partial charge < -0.3 is 9.84 Å². The van der Waals surface area contributed by atoms with E-state index in [1.54, 1.807) is 24.3 Å². The van der Waals surface area contributed by atoms with Crippen LogP contribution in [0.4, 0.5) is 10.5 Å². The van der Waals surface area contributed by atoms with Gasteiger partial charge >= 0.3 is 12.0 Å². The van der Waals surface area contributed by atoms with E-state index in [-0.39, 0.29) is 32.8 Å². The van der Waals surface area contributed by atoms with Crippen LogP contribution in [0.5, 0.6) is 5.75 Å². The summed E-state index contributed by atoms with van der Waals surface area (Å²) >= 11 is 12.2. The van der Waals surface area contributed by atoms with Crippen molar-refractivity contribution >= 4 is 58.8 Å². The molecule has 166 valence electrons. The predicted molar refractivity (Wildman–Crippen MR) is 119 cm³/mol. The molecule has 1 aliphatic rings. The van der Waals surface area contributed by atoms with Gasteiger partial charge in [0.2, 0.25) is 0 Å². The second-order valence-corrected chi connectivity index (χ2v) is 8.01. The van der Waals surface area contributed by atoms with Crippen molar-refractivity contribution in [2.24, 2.45) is 0 Å². The number of barbiturate groups is 1. The van der Waals surface area contributed by atoms with Crippen LogP contribution in [0.3, 0.4) is 0 Å². The van der Waals surface area contributed by atoms with Gasteiger partial charge in [0.1, 0.15) is 5.57 Å². The zero-order valence-electron chi connectivity index (χ0n) is 17.0. The third-order valence-electron chi connectivity index (χ3n) is 4.59. The number of hydrogen-bond donors (Lipinski definition) is 2. The molecule has 1 aliphatic heterocycles. The first-order valence-corrected chi connectivity index (χ1v) is 10.2. The Hall–Kier alpha value is -3.36. The second-order valence-electron chi connectivity index (χ2n) is 7.20. The molecule has 1 fully saturated rings. The molecule has 0 spiro atoms. The van der Waals surface area contributed by atoms with E-state index in [0.717, 1.165) is 10.5 Å². The number of ether oxygens (including phenoxy) is 1. The first-order valence-electron chi connectivity index (χ1n) is 9.43. The Morgan fingerprint density at radius 1 is 1.12 bits per heavy atom. The van der Waals surface area contributed by atoms with Crippen molar-refractivity contribution in [3.63, 3.8) is 0 Å². The molecule has 0 saturated carbocycles. The fourth-order valence-corrected chi connectivity index (χ4v) is 3.61. The third-order valence-corrected chi connectivity index (χ3v) is 5.15. The van der Waals surface area contributed by atoms with Crippen molar-refractivity contribution in [3.05, 3.63) is 63.1 Å². The van der Waals surface area contributed by atoms with E-state index in [9.17, 15) is 19.2 Å². The second kappa shape index (κ2) is 9.42. The summed E-state index contributed by atoms with van der Waals surface area (Å²) in [6, 6.07) is 8.71. The molecule has 2 aromatic rings. The molecule has 1 saturated heterocycles. The topological polar surface area (TPSA) is 113 Å². The van der Waals surface area contributed by atoms with Crippen molar-refractivity contribution in [3.8, 4) is 5.75 Å². The van der Waals surface area contributed by atoms with Crippen molar-refractivity contribution in [2.75, 3.05) is 11.5 Å². The highest BCUT2D eigenvalue weighted by molar-refractivity contribution is 6.40. The number of urea groups is 1. The van der Waals surface area contributed by atoms with Crippen molar-refractivity contribution in [1.82, 2.24) is 5.32 Å². The van der Waals surface area contributed by atoms with E-state index in [4.69, 9.17) is 33.0 Å². The Morgan fingerprint density at radius 2 is 1.72 bits per heavy atom. The number of imide groups is 2. The number of amides is 4. The molecule has 4 amide bonds. The largest absolute Gasteiger partial charge is 0.479 e. The average Bonchev–Trinajstić information content (AvgIpc) is 2.70. The van der Waals surface area contributed by atoms with Gasteiger partial charge in [-0.25, -0.2) is 14.5 Å². The van der Waals surface area contributed by atoms with Crippen LogP contribution >= 0.6 is 23.2 Å². The van der Waals surface area contributed by atoms with E-state index < -0.39 is 30.4 Å². The number of carboxylic acid groups (broad SMARTS) is 1. The quantitative estimate of drug-likeness (QED) is 0.475. The number of anilines is 1.